The quantitative estimate of drug-likeness (QED) is 0.285. The molecule has 0 spiro atoms. The average molecular weight is 496 g/mol. The van der Waals surface area contributed by atoms with Gasteiger partial charge in [0.05, 0.1) is 0 Å². The Morgan fingerprint density at radius 3 is 1.23 bits per heavy atom. The first-order valence-electron chi connectivity index (χ1n) is 9.07. The van der Waals surface area contributed by atoms with E-state index in [1.807, 2.05) is 24.3 Å². The number of nitrogens with one attached hydrogen (secondary N) is 2. The van der Waals surface area contributed by atoms with Crippen LogP contribution in [0.15, 0.2) is 85.0 Å². The minimum atomic E-state index is 0. The molecule has 0 heterocycles. The molecule has 158 valence electrons. The number of allylic oxidation sites excluding steroid dienone is 8. The molecule has 0 saturated heterocycles. The second-order valence-electron chi connectivity index (χ2n) is 5.62. The summed E-state index contributed by atoms with van der Waals surface area (Å²) in [6.07, 6.45) is 21.2. The number of carbonyl (C=O) groups excluding carboxylic acids is 2. The van der Waals surface area contributed by atoms with Crippen LogP contribution in [0.25, 0.3) is 0 Å². The van der Waals surface area contributed by atoms with Gasteiger partial charge in [0.25, 0.3) is 0 Å². The van der Waals surface area contributed by atoms with Gasteiger partial charge in [0.2, 0.25) is 12.8 Å². The van der Waals surface area contributed by atoms with E-state index in [1.54, 1.807) is 24.3 Å². The summed E-state index contributed by atoms with van der Waals surface area (Å²) in [4.78, 5) is 19.8. The molecule has 0 aliphatic heterocycles. The van der Waals surface area contributed by atoms with Crippen molar-refractivity contribution in [3.63, 3.8) is 0 Å². The summed E-state index contributed by atoms with van der Waals surface area (Å²) in [7, 11) is 0. The van der Waals surface area contributed by atoms with Gasteiger partial charge in [-0.05, 0) is 48.5 Å². The van der Waals surface area contributed by atoms with Crippen molar-refractivity contribution < 1.29 is 46.0 Å². The standard InChI is InChI=1S/2C7H7NO2.2C5H5.Zr/c2*9-5-8-6-1-3-7(10)4-2-6;2*1-2-4-5-3-1;/h2*1-5,10H,(H,8,9);2*1-3H,4H2;/q;;2*-1;+2. The van der Waals surface area contributed by atoms with Gasteiger partial charge in [0, 0.05) is 11.4 Å². The molecule has 0 radical (unpaired) electrons. The molecule has 0 saturated carbocycles. The van der Waals surface area contributed by atoms with Gasteiger partial charge in [-0.15, -0.1) is 12.8 Å². The molecule has 0 atom stereocenters. The summed E-state index contributed by atoms with van der Waals surface area (Å²) in [6.45, 7) is 0. The number of rotatable bonds is 4. The van der Waals surface area contributed by atoms with E-state index in [0.717, 1.165) is 12.8 Å². The van der Waals surface area contributed by atoms with Gasteiger partial charge in [0.1, 0.15) is 11.5 Å². The fourth-order valence-electron chi connectivity index (χ4n) is 1.93. The smallest absolute Gasteiger partial charge is 0.508 e. The molecule has 2 aromatic rings. The van der Waals surface area contributed by atoms with Crippen LogP contribution in [-0.4, -0.2) is 23.0 Å². The zero-order valence-electron chi connectivity index (χ0n) is 16.9. The van der Waals surface area contributed by atoms with Crippen LogP contribution in [0.1, 0.15) is 12.8 Å². The van der Waals surface area contributed by atoms with E-state index in [9.17, 15) is 9.59 Å². The predicted molar refractivity (Wildman–Crippen MR) is 119 cm³/mol. The number of aromatic hydroxyl groups is 2. The van der Waals surface area contributed by atoms with Crippen LogP contribution >= 0.6 is 0 Å². The number of hydrogen-bond acceptors (Lipinski definition) is 4. The van der Waals surface area contributed by atoms with Crippen LogP contribution in [0.5, 0.6) is 11.5 Å². The Morgan fingerprint density at radius 2 is 1.03 bits per heavy atom. The minimum Gasteiger partial charge on any atom is -0.508 e. The van der Waals surface area contributed by atoms with E-state index in [4.69, 9.17) is 10.2 Å². The third-order valence-corrected chi connectivity index (χ3v) is 3.36. The first-order valence-corrected chi connectivity index (χ1v) is 9.07. The minimum absolute atomic E-state index is 0. The summed E-state index contributed by atoms with van der Waals surface area (Å²) in [5.74, 6) is 0.382. The summed E-state index contributed by atoms with van der Waals surface area (Å²) < 4.78 is 0. The Labute approximate surface area is 201 Å². The van der Waals surface area contributed by atoms with E-state index in [2.05, 4.69) is 34.9 Å². The Balaban J connectivity index is 0.000000401. The fourth-order valence-corrected chi connectivity index (χ4v) is 1.93. The van der Waals surface area contributed by atoms with Gasteiger partial charge in [-0.2, -0.15) is 12.2 Å². The third-order valence-electron chi connectivity index (χ3n) is 3.36. The molecule has 31 heavy (non-hydrogen) atoms. The largest absolute Gasteiger partial charge is 2.00 e. The Morgan fingerprint density at radius 1 is 0.677 bits per heavy atom. The molecule has 0 aromatic heterocycles. The maximum atomic E-state index is 9.89. The number of benzene rings is 2. The molecule has 0 fully saturated rings. The Hall–Kier alpha value is -3.18. The number of phenols is 2. The summed E-state index contributed by atoms with van der Waals surface area (Å²) in [5.41, 5.74) is 1.35. The maximum absolute atomic E-state index is 9.89. The number of phenolic OH excluding ortho intramolecular Hbond substituents is 2. The molecule has 2 aliphatic carbocycles. The molecule has 4 N–H and O–H groups in total. The monoisotopic (exact) mass is 494 g/mol. The van der Waals surface area contributed by atoms with Crippen molar-refractivity contribution in [2.45, 2.75) is 12.8 Å². The second-order valence-corrected chi connectivity index (χ2v) is 5.62. The van der Waals surface area contributed by atoms with Crippen LogP contribution in [0.2, 0.25) is 0 Å². The summed E-state index contributed by atoms with van der Waals surface area (Å²) in [6, 6.07) is 12.5. The first kappa shape index (κ1) is 27.8. The third kappa shape index (κ3) is 15.3. The first-order chi connectivity index (χ1) is 14.7. The van der Waals surface area contributed by atoms with Crippen molar-refractivity contribution in [1.82, 2.24) is 0 Å². The SMILES string of the molecule is O=CNc1ccc(O)cc1.O=CNc1ccc(O)cc1.[C-]1=CC=CC1.[C-]1=CC=CC1.[Zr+2]. The van der Waals surface area contributed by atoms with Gasteiger partial charge in [-0.3, -0.25) is 21.7 Å². The van der Waals surface area contributed by atoms with Crippen molar-refractivity contribution in [1.29, 1.82) is 0 Å². The van der Waals surface area contributed by atoms with Gasteiger partial charge in [-0.1, -0.05) is 0 Å². The number of amides is 2. The second kappa shape index (κ2) is 18.8. The molecule has 0 bridgehead atoms. The van der Waals surface area contributed by atoms with Crippen molar-refractivity contribution in [3.05, 3.63) is 97.1 Å². The zero-order chi connectivity index (χ0) is 21.9. The number of carbonyl (C=O) groups is 2. The van der Waals surface area contributed by atoms with Crippen LogP contribution in [-0.2, 0) is 35.8 Å². The fraction of sp³-hybridized carbons (Fsp3) is 0.0833. The van der Waals surface area contributed by atoms with Crippen molar-refractivity contribution in [3.8, 4) is 11.5 Å². The van der Waals surface area contributed by atoms with Gasteiger partial charge < -0.3 is 20.8 Å². The number of anilines is 2. The Kier molecular flexibility index (Phi) is 16.9. The van der Waals surface area contributed by atoms with Gasteiger partial charge in [-0.25, -0.2) is 24.3 Å². The topological polar surface area (TPSA) is 98.7 Å². The molecule has 2 aliphatic rings. The zero-order valence-corrected chi connectivity index (χ0v) is 19.3. The molecule has 0 unspecified atom stereocenters. The Bertz CT molecular complexity index is 765. The van der Waals surface area contributed by atoms with Gasteiger partial charge >= 0.3 is 26.2 Å². The van der Waals surface area contributed by atoms with Crippen LogP contribution in [0.3, 0.4) is 0 Å². The molecule has 2 amide bonds. The molecule has 2 aromatic carbocycles. The maximum Gasteiger partial charge on any atom is 2.00 e. The average Bonchev–Trinajstić information content (AvgIpc) is 3.52. The molecule has 4 rings (SSSR count). The summed E-state index contributed by atoms with van der Waals surface area (Å²) >= 11 is 0. The van der Waals surface area contributed by atoms with E-state index >= 15 is 0 Å². The van der Waals surface area contributed by atoms with Gasteiger partial charge in [0.15, 0.2) is 0 Å². The van der Waals surface area contributed by atoms with Crippen molar-refractivity contribution in [2.24, 2.45) is 0 Å². The summed E-state index contributed by atoms with van der Waals surface area (Å²) in [5, 5.41) is 22.5. The molecule has 6 nitrogen and oxygen atoms in total. The van der Waals surface area contributed by atoms with Crippen LogP contribution in [0, 0.1) is 12.2 Å². The molecular weight excluding hydrogens is 471 g/mol. The van der Waals surface area contributed by atoms with E-state index in [0.29, 0.717) is 24.2 Å². The predicted octanol–water partition coefficient (Wildman–Crippen LogP) is 4.53. The number of hydrogen-bond donors (Lipinski definition) is 4. The van der Waals surface area contributed by atoms with Crippen LogP contribution < -0.4 is 10.6 Å². The van der Waals surface area contributed by atoms with E-state index in [1.165, 1.54) is 24.3 Å². The molecule has 7 heteroatoms. The normalized spacial score (nSPS) is 11.4. The molecular formula is C24H24N2O4Zr. The van der Waals surface area contributed by atoms with Crippen LogP contribution in [0.4, 0.5) is 11.4 Å². The van der Waals surface area contributed by atoms with E-state index < -0.39 is 0 Å². The van der Waals surface area contributed by atoms with Crippen molar-refractivity contribution in [2.75, 3.05) is 10.6 Å². The van der Waals surface area contributed by atoms with E-state index in [-0.39, 0.29) is 37.7 Å². The van der Waals surface area contributed by atoms with Crippen molar-refractivity contribution >= 4 is 24.2 Å².